The third-order valence-electron chi connectivity index (χ3n) is 4.17. The van der Waals surface area contributed by atoms with Gasteiger partial charge in [0, 0.05) is 45.8 Å². The molecule has 7 heteroatoms. The molecule has 1 N–H and O–H groups in total. The van der Waals surface area contributed by atoms with E-state index in [1.807, 2.05) is 0 Å². The van der Waals surface area contributed by atoms with Crippen LogP contribution in [0.3, 0.4) is 0 Å². The normalized spacial score (nSPS) is 21.6. The van der Waals surface area contributed by atoms with Crippen molar-refractivity contribution in [1.29, 1.82) is 0 Å². The minimum absolute atomic E-state index is 0.190. The number of aliphatic hydroxyl groups excluding tert-OH is 1. The van der Waals surface area contributed by atoms with Gasteiger partial charge in [-0.3, -0.25) is 0 Å². The maximum Gasteiger partial charge on any atom is 0.225 e. The molecule has 0 radical (unpaired) electrons. The van der Waals surface area contributed by atoms with E-state index in [0.717, 1.165) is 32.8 Å². The lowest BCUT2D eigenvalue weighted by Gasteiger charge is -2.23. The van der Waals surface area contributed by atoms with Crippen LogP contribution in [-0.4, -0.2) is 80.6 Å². The molecule has 1 aliphatic heterocycles. The molecule has 0 spiro atoms. The van der Waals surface area contributed by atoms with Crippen LogP contribution in [0.5, 0.6) is 5.75 Å². The smallest absolute Gasteiger partial charge is 0.225 e. The lowest BCUT2D eigenvalue weighted by Crippen LogP contribution is -2.33. The Hall–Kier alpha value is -1.44. The van der Waals surface area contributed by atoms with Crippen molar-refractivity contribution in [1.82, 2.24) is 14.9 Å². The average molecular weight is 310 g/mol. The van der Waals surface area contributed by atoms with Gasteiger partial charge in [-0.2, -0.15) is 0 Å². The van der Waals surface area contributed by atoms with Crippen molar-refractivity contribution >= 4 is 5.95 Å². The Labute approximate surface area is 131 Å². The van der Waals surface area contributed by atoms with Gasteiger partial charge in [0.15, 0.2) is 5.75 Å². The lowest BCUT2D eigenvalue weighted by atomic mass is 9.96. The summed E-state index contributed by atoms with van der Waals surface area (Å²) in [5.74, 6) is 1.99. The Balaban J connectivity index is 1.95. The van der Waals surface area contributed by atoms with Crippen LogP contribution in [0.15, 0.2) is 12.4 Å². The van der Waals surface area contributed by atoms with E-state index in [9.17, 15) is 5.11 Å². The van der Waals surface area contributed by atoms with E-state index >= 15 is 0 Å². The minimum Gasteiger partial charge on any atom is -0.494 e. The number of rotatable bonds is 8. The lowest BCUT2D eigenvalue weighted by molar-refractivity contribution is 0.136. The number of aromatic nitrogens is 2. The van der Waals surface area contributed by atoms with Crippen LogP contribution in [0, 0.1) is 11.8 Å². The number of hydrogen-bond donors (Lipinski definition) is 1. The predicted octanol–water partition coefficient (Wildman–Crippen LogP) is 0.108. The fourth-order valence-corrected chi connectivity index (χ4v) is 2.83. The Morgan fingerprint density at radius 1 is 1.27 bits per heavy atom. The fourth-order valence-electron chi connectivity index (χ4n) is 2.83. The Kier molecular flexibility index (Phi) is 6.35. The Morgan fingerprint density at radius 3 is 2.55 bits per heavy atom. The van der Waals surface area contributed by atoms with Crippen LogP contribution in [0.2, 0.25) is 0 Å². The number of anilines is 1. The maximum atomic E-state index is 9.64. The van der Waals surface area contributed by atoms with Crippen molar-refractivity contribution in [3.63, 3.8) is 0 Å². The average Bonchev–Trinajstić information content (AvgIpc) is 2.95. The molecule has 0 aromatic carbocycles. The zero-order chi connectivity index (χ0) is 15.9. The van der Waals surface area contributed by atoms with Crippen molar-refractivity contribution in [2.24, 2.45) is 11.8 Å². The number of nitrogens with zero attached hydrogens (tertiary/aromatic N) is 4. The summed E-state index contributed by atoms with van der Waals surface area (Å²) < 4.78 is 10.2. The van der Waals surface area contributed by atoms with E-state index in [1.54, 1.807) is 26.6 Å². The summed E-state index contributed by atoms with van der Waals surface area (Å²) in [6.45, 7) is 4.37. The number of hydrogen-bond acceptors (Lipinski definition) is 7. The molecule has 1 saturated heterocycles. The molecule has 22 heavy (non-hydrogen) atoms. The molecular formula is C15H26N4O3. The molecule has 0 bridgehead atoms. The van der Waals surface area contributed by atoms with E-state index in [4.69, 9.17) is 9.47 Å². The molecule has 0 amide bonds. The van der Waals surface area contributed by atoms with E-state index in [1.165, 1.54) is 0 Å². The highest BCUT2D eigenvalue weighted by Crippen LogP contribution is 2.27. The molecule has 1 aliphatic rings. The van der Waals surface area contributed by atoms with Crippen molar-refractivity contribution in [3.05, 3.63) is 12.4 Å². The van der Waals surface area contributed by atoms with Gasteiger partial charge in [0.1, 0.15) is 0 Å². The zero-order valence-electron chi connectivity index (χ0n) is 13.6. The zero-order valence-corrected chi connectivity index (χ0v) is 13.6. The molecule has 124 valence electrons. The summed E-state index contributed by atoms with van der Waals surface area (Å²) in [5.41, 5.74) is 0. The van der Waals surface area contributed by atoms with Crippen molar-refractivity contribution in [2.75, 3.05) is 65.6 Å². The number of methoxy groups -OCH3 is 2. The van der Waals surface area contributed by atoms with Crippen molar-refractivity contribution in [3.8, 4) is 5.75 Å². The van der Waals surface area contributed by atoms with Crippen LogP contribution in [0.25, 0.3) is 0 Å². The summed E-state index contributed by atoms with van der Waals surface area (Å²) in [6, 6.07) is 0. The molecule has 0 unspecified atom stereocenters. The summed E-state index contributed by atoms with van der Waals surface area (Å²) in [4.78, 5) is 13.1. The highest BCUT2D eigenvalue weighted by molar-refractivity contribution is 5.33. The maximum absolute atomic E-state index is 9.64. The predicted molar refractivity (Wildman–Crippen MR) is 84.2 cm³/mol. The number of aliphatic hydroxyl groups is 1. The Morgan fingerprint density at radius 2 is 1.95 bits per heavy atom. The second-order valence-electron chi connectivity index (χ2n) is 5.79. The second-order valence-corrected chi connectivity index (χ2v) is 5.79. The van der Waals surface area contributed by atoms with E-state index in [-0.39, 0.29) is 12.5 Å². The molecule has 2 heterocycles. The van der Waals surface area contributed by atoms with E-state index in [0.29, 0.717) is 17.6 Å². The summed E-state index contributed by atoms with van der Waals surface area (Å²) in [7, 11) is 5.39. The van der Waals surface area contributed by atoms with Gasteiger partial charge in [-0.1, -0.05) is 0 Å². The van der Waals surface area contributed by atoms with Crippen LogP contribution in [-0.2, 0) is 4.74 Å². The van der Waals surface area contributed by atoms with Gasteiger partial charge in [0.2, 0.25) is 5.95 Å². The molecule has 2 atom stereocenters. The quantitative estimate of drug-likeness (QED) is 0.730. The topological polar surface area (TPSA) is 71.0 Å². The molecular weight excluding hydrogens is 284 g/mol. The molecule has 7 nitrogen and oxygen atoms in total. The molecule has 1 aromatic heterocycles. The molecule has 2 rings (SSSR count). The van der Waals surface area contributed by atoms with Crippen LogP contribution < -0.4 is 9.64 Å². The first-order valence-electron chi connectivity index (χ1n) is 7.57. The largest absolute Gasteiger partial charge is 0.494 e. The van der Waals surface area contributed by atoms with Gasteiger partial charge < -0.3 is 24.4 Å². The molecule has 0 saturated carbocycles. The summed E-state index contributed by atoms with van der Waals surface area (Å²) in [6.07, 6.45) is 3.35. The highest BCUT2D eigenvalue weighted by atomic mass is 16.5. The first-order chi connectivity index (χ1) is 10.7. The Bertz CT molecular complexity index is 443. The monoisotopic (exact) mass is 310 g/mol. The van der Waals surface area contributed by atoms with E-state index in [2.05, 4.69) is 26.8 Å². The second kappa shape index (κ2) is 8.26. The first-order valence-corrected chi connectivity index (χ1v) is 7.57. The van der Waals surface area contributed by atoms with Crippen molar-refractivity contribution < 1.29 is 14.6 Å². The van der Waals surface area contributed by atoms with Gasteiger partial charge in [-0.05, 0) is 13.0 Å². The van der Waals surface area contributed by atoms with Gasteiger partial charge >= 0.3 is 0 Å². The summed E-state index contributed by atoms with van der Waals surface area (Å²) >= 11 is 0. The SMILES string of the molecule is COCCN(C)C[C@@H]1CN(c2ncc(OC)cn2)C[C@@H]1CO. The molecule has 0 aliphatic carbocycles. The van der Waals surface area contributed by atoms with Crippen LogP contribution >= 0.6 is 0 Å². The fraction of sp³-hybridized carbons (Fsp3) is 0.733. The van der Waals surface area contributed by atoms with E-state index < -0.39 is 0 Å². The number of likely N-dealkylation sites (N-methyl/N-ethyl adjacent to an activating group) is 1. The number of ether oxygens (including phenoxy) is 2. The van der Waals surface area contributed by atoms with Crippen LogP contribution in [0.1, 0.15) is 0 Å². The van der Waals surface area contributed by atoms with Gasteiger partial charge in [0.25, 0.3) is 0 Å². The summed E-state index contributed by atoms with van der Waals surface area (Å²) in [5, 5.41) is 9.64. The molecule has 1 aromatic rings. The van der Waals surface area contributed by atoms with Gasteiger partial charge in [0.05, 0.1) is 26.1 Å². The molecule has 1 fully saturated rings. The van der Waals surface area contributed by atoms with Crippen LogP contribution in [0.4, 0.5) is 5.95 Å². The van der Waals surface area contributed by atoms with Gasteiger partial charge in [-0.15, -0.1) is 0 Å². The van der Waals surface area contributed by atoms with Crippen molar-refractivity contribution in [2.45, 2.75) is 0 Å². The first kappa shape index (κ1) is 16.9. The van der Waals surface area contributed by atoms with Gasteiger partial charge in [-0.25, -0.2) is 9.97 Å². The third kappa shape index (κ3) is 4.28. The third-order valence-corrected chi connectivity index (χ3v) is 4.17. The minimum atomic E-state index is 0.190. The highest BCUT2D eigenvalue weighted by Gasteiger charge is 2.34. The standard InChI is InChI=1S/C15H26N4O3/c1-18(4-5-21-2)8-12-9-19(10-13(12)11-20)15-16-6-14(22-3)7-17-15/h6-7,12-13,20H,4-5,8-11H2,1-3H3/t12-,13-/m1/s1.